The highest BCUT2D eigenvalue weighted by molar-refractivity contribution is 5.52. The van der Waals surface area contributed by atoms with Gasteiger partial charge in [-0.1, -0.05) is 25.0 Å². The van der Waals surface area contributed by atoms with Crippen LogP contribution in [0.15, 0.2) is 18.2 Å². The number of ether oxygens (including phenoxy) is 2. The molecule has 1 aromatic rings. The van der Waals surface area contributed by atoms with Crippen molar-refractivity contribution in [3.63, 3.8) is 0 Å². The highest BCUT2D eigenvalue weighted by Crippen LogP contribution is 2.61. The molecule has 1 aliphatic heterocycles. The third-order valence-electron chi connectivity index (χ3n) is 7.79. The Morgan fingerprint density at radius 2 is 1.96 bits per heavy atom. The van der Waals surface area contributed by atoms with E-state index in [1.165, 1.54) is 69.2 Å². The maximum atomic E-state index is 6.53. The molecule has 4 aliphatic rings. The molecule has 3 atom stereocenters. The van der Waals surface area contributed by atoms with Crippen molar-refractivity contribution < 1.29 is 9.47 Å². The number of fused-ring (bicyclic) bond motifs is 1. The lowest BCUT2D eigenvalue weighted by atomic mass is 9.49. The van der Waals surface area contributed by atoms with Crippen LogP contribution < -0.4 is 4.74 Å². The Morgan fingerprint density at radius 3 is 2.72 bits per heavy atom. The predicted molar refractivity (Wildman–Crippen MR) is 99.3 cm³/mol. The van der Waals surface area contributed by atoms with Crippen LogP contribution in [0.5, 0.6) is 5.75 Å². The van der Waals surface area contributed by atoms with Gasteiger partial charge in [0.05, 0.1) is 12.7 Å². The standard InChI is InChI=1S/C22H31NO2/c1-24-18-7-5-6-17-14-19-22(25-2)11-4-3-10-21(22,20(17)18)12-13-23(19)15-16-8-9-16/h5-7,16,19H,3-4,8-15H2,1-2H3/t19-,21+,22+/m0/s1. The average Bonchev–Trinajstić information content (AvgIpc) is 3.47. The van der Waals surface area contributed by atoms with Gasteiger partial charge in [0.2, 0.25) is 0 Å². The number of likely N-dealkylation sites (tertiary alicyclic amines) is 1. The van der Waals surface area contributed by atoms with Crippen molar-refractivity contribution in [3.8, 4) is 5.75 Å². The second-order valence-electron chi connectivity index (χ2n) is 8.79. The minimum absolute atomic E-state index is 0.0278. The van der Waals surface area contributed by atoms with E-state index in [9.17, 15) is 0 Å². The number of benzene rings is 1. The minimum atomic E-state index is -0.0278. The summed E-state index contributed by atoms with van der Waals surface area (Å²) in [6.07, 6.45) is 10.3. The lowest BCUT2D eigenvalue weighted by molar-refractivity contribution is -0.186. The average molecular weight is 341 g/mol. The first kappa shape index (κ1) is 16.1. The second-order valence-corrected chi connectivity index (χ2v) is 8.79. The summed E-state index contributed by atoms with van der Waals surface area (Å²) in [5.41, 5.74) is 3.12. The molecule has 1 heterocycles. The van der Waals surface area contributed by atoms with Gasteiger partial charge in [-0.2, -0.15) is 0 Å². The molecular formula is C22H31NO2. The van der Waals surface area contributed by atoms with Gasteiger partial charge >= 0.3 is 0 Å². The van der Waals surface area contributed by atoms with E-state index in [2.05, 4.69) is 23.1 Å². The van der Waals surface area contributed by atoms with Crippen molar-refractivity contribution in [3.05, 3.63) is 29.3 Å². The van der Waals surface area contributed by atoms with Crippen LogP contribution in [0.2, 0.25) is 0 Å². The van der Waals surface area contributed by atoms with E-state index >= 15 is 0 Å². The van der Waals surface area contributed by atoms with Gasteiger partial charge in [-0.15, -0.1) is 0 Å². The fourth-order valence-electron chi connectivity index (χ4n) is 6.58. The lowest BCUT2D eigenvalue weighted by Crippen LogP contribution is -2.73. The maximum Gasteiger partial charge on any atom is 0.123 e. The van der Waals surface area contributed by atoms with Crippen LogP contribution in [0.3, 0.4) is 0 Å². The normalized spacial score (nSPS) is 37.3. The lowest BCUT2D eigenvalue weighted by Gasteiger charge is -2.65. The van der Waals surface area contributed by atoms with Crippen molar-refractivity contribution in [2.75, 3.05) is 27.3 Å². The largest absolute Gasteiger partial charge is 0.496 e. The van der Waals surface area contributed by atoms with Crippen molar-refractivity contribution in [1.29, 1.82) is 0 Å². The van der Waals surface area contributed by atoms with Gasteiger partial charge in [0.1, 0.15) is 5.75 Å². The summed E-state index contributed by atoms with van der Waals surface area (Å²) in [6, 6.07) is 7.23. The van der Waals surface area contributed by atoms with Gasteiger partial charge in [0.25, 0.3) is 0 Å². The Labute approximate surface area is 151 Å². The van der Waals surface area contributed by atoms with Crippen molar-refractivity contribution in [1.82, 2.24) is 4.90 Å². The van der Waals surface area contributed by atoms with Gasteiger partial charge in [-0.3, -0.25) is 4.90 Å². The molecule has 0 unspecified atom stereocenters. The van der Waals surface area contributed by atoms with Gasteiger partial charge in [0, 0.05) is 30.7 Å². The molecule has 0 radical (unpaired) electrons. The van der Waals surface area contributed by atoms with E-state index in [1.807, 2.05) is 14.2 Å². The summed E-state index contributed by atoms with van der Waals surface area (Å²) in [4.78, 5) is 2.80. The van der Waals surface area contributed by atoms with Gasteiger partial charge in [-0.25, -0.2) is 0 Å². The SMILES string of the molecule is COc1cccc2c1[C@]13CCCC[C@@]1(OC)[C@H](C2)N(CC1CC1)CC3. The van der Waals surface area contributed by atoms with Crippen LogP contribution >= 0.6 is 0 Å². The molecule has 1 aromatic carbocycles. The van der Waals surface area contributed by atoms with E-state index in [4.69, 9.17) is 9.47 Å². The van der Waals surface area contributed by atoms with E-state index in [0.29, 0.717) is 6.04 Å². The second kappa shape index (κ2) is 5.72. The molecule has 3 heteroatoms. The highest BCUT2D eigenvalue weighted by atomic mass is 16.5. The van der Waals surface area contributed by atoms with E-state index in [-0.39, 0.29) is 11.0 Å². The maximum absolute atomic E-state index is 6.53. The molecule has 3 aliphatic carbocycles. The summed E-state index contributed by atoms with van der Waals surface area (Å²) in [5, 5.41) is 0. The monoisotopic (exact) mass is 341 g/mol. The number of nitrogens with zero attached hydrogens (tertiary/aromatic N) is 1. The van der Waals surface area contributed by atoms with Crippen LogP contribution in [0.25, 0.3) is 0 Å². The van der Waals surface area contributed by atoms with Crippen LogP contribution in [0, 0.1) is 5.92 Å². The number of rotatable bonds is 4. The summed E-state index contributed by atoms with van der Waals surface area (Å²) >= 11 is 0. The zero-order valence-corrected chi connectivity index (χ0v) is 15.7. The molecule has 0 spiro atoms. The van der Waals surface area contributed by atoms with E-state index < -0.39 is 0 Å². The Morgan fingerprint density at radius 1 is 1.12 bits per heavy atom. The summed E-state index contributed by atoms with van der Waals surface area (Å²) in [6.45, 7) is 2.51. The molecule has 25 heavy (non-hydrogen) atoms. The quantitative estimate of drug-likeness (QED) is 0.828. The molecule has 0 amide bonds. The molecule has 136 valence electrons. The Hall–Kier alpha value is -1.06. The Kier molecular flexibility index (Phi) is 3.69. The first-order valence-corrected chi connectivity index (χ1v) is 10.2. The molecule has 0 N–H and O–H groups in total. The topological polar surface area (TPSA) is 21.7 Å². The molecule has 1 saturated heterocycles. The molecule has 5 rings (SSSR count). The third kappa shape index (κ3) is 2.12. The predicted octanol–water partition coefficient (Wildman–Crippen LogP) is 3.93. The summed E-state index contributed by atoms with van der Waals surface area (Å²) in [7, 11) is 3.81. The van der Waals surface area contributed by atoms with Crippen molar-refractivity contribution in [2.45, 2.75) is 68.4 Å². The fraction of sp³-hybridized carbons (Fsp3) is 0.727. The van der Waals surface area contributed by atoms with E-state index in [1.54, 1.807) is 0 Å². The Bertz CT molecular complexity index is 670. The number of methoxy groups -OCH3 is 2. The van der Waals surface area contributed by atoms with Crippen molar-refractivity contribution in [2.24, 2.45) is 5.92 Å². The first-order chi connectivity index (χ1) is 12.2. The smallest absolute Gasteiger partial charge is 0.123 e. The van der Waals surface area contributed by atoms with Crippen molar-refractivity contribution >= 4 is 0 Å². The summed E-state index contributed by atoms with van der Waals surface area (Å²) in [5.74, 6) is 2.03. The third-order valence-corrected chi connectivity index (χ3v) is 7.79. The molecule has 3 fully saturated rings. The molecular weight excluding hydrogens is 310 g/mol. The number of piperidine rings is 1. The fourth-order valence-corrected chi connectivity index (χ4v) is 6.58. The zero-order chi connectivity index (χ0) is 17.1. The Balaban J connectivity index is 1.68. The summed E-state index contributed by atoms with van der Waals surface area (Å²) < 4.78 is 12.4. The molecule has 0 aromatic heterocycles. The molecule has 2 bridgehead atoms. The van der Waals surface area contributed by atoms with Crippen LogP contribution in [0.1, 0.15) is 56.1 Å². The molecule has 2 saturated carbocycles. The minimum Gasteiger partial charge on any atom is -0.496 e. The van der Waals surface area contributed by atoms with Crippen LogP contribution in [-0.4, -0.2) is 43.9 Å². The first-order valence-electron chi connectivity index (χ1n) is 10.2. The van der Waals surface area contributed by atoms with Gasteiger partial charge in [-0.05, 0) is 62.6 Å². The van der Waals surface area contributed by atoms with Crippen LogP contribution in [-0.2, 0) is 16.6 Å². The number of hydrogen-bond acceptors (Lipinski definition) is 3. The van der Waals surface area contributed by atoms with E-state index in [0.717, 1.165) is 18.1 Å². The van der Waals surface area contributed by atoms with Gasteiger partial charge < -0.3 is 9.47 Å². The highest BCUT2D eigenvalue weighted by Gasteiger charge is 2.65. The van der Waals surface area contributed by atoms with Gasteiger partial charge in [0.15, 0.2) is 0 Å². The number of hydrogen-bond donors (Lipinski definition) is 0. The van der Waals surface area contributed by atoms with Crippen LogP contribution in [0.4, 0.5) is 0 Å². The molecule has 3 nitrogen and oxygen atoms in total. The zero-order valence-electron chi connectivity index (χ0n) is 15.7.